The lowest BCUT2D eigenvalue weighted by molar-refractivity contribution is 0.508. The molecular weight excluding hydrogens is 304 g/mol. The number of nitrogens with zero attached hydrogens (tertiary/aromatic N) is 2. The van der Waals surface area contributed by atoms with E-state index in [0.717, 1.165) is 22.9 Å². The number of hydrogen-bond donors (Lipinski definition) is 1. The van der Waals surface area contributed by atoms with Crippen LogP contribution in [0.4, 0.5) is 8.78 Å². The summed E-state index contributed by atoms with van der Waals surface area (Å²) in [6.45, 7) is -0.290. The number of aromatic nitrogens is 2. The largest absolute Gasteiger partial charge is 0.268 e. The molecule has 0 atom stereocenters. The van der Waals surface area contributed by atoms with Crippen LogP contribution in [0.5, 0.6) is 0 Å². The molecule has 0 saturated heterocycles. The number of nitrogens with one attached hydrogen (secondary N) is 1. The van der Waals surface area contributed by atoms with Gasteiger partial charge in [-0.05, 0) is 18.2 Å². The van der Waals surface area contributed by atoms with Crippen LogP contribution in [0.2, 0.25) is 0 Å². The molecule has 0 bridgehead atoms. The smallest absolute Gasteiger partial charge is 0.266 e. The molecule has 2 rings (SSSR count). The summed E-state index contributed by atoms with van der Waals surface area (Å²) in [5.74, 6) is -2.37. The number of sulfonamides is 1. The zero-order chi connectivity index (χ0) is 15.5. The fourth-order valence-electron chi connectivity index (χ4n) is 1.65. The van der Waals surface area contributed by atoms with Gasteiger partial charge in [-0.25, -0.2) is 26.6 Å². The molecule has 1 aromatic heterocycles. The first-order valence-electron chi connectivity index (χ1n) is 5.87. The maximum Gasteiger partial charge on any atom is 0.266 e. The molecule has 0 aliphatic heterocycles. The molecule has 0 amide bonds. The second-order valence-corrected chi connectivity index (χ2v) is 5.74. The van der Waals surface area contributed by atoms with Gasteiger partial charge in [-0.3, -0.25) is 4.79 Å². The Labute approximate surface area is 119 Å². The third-order valence-electron chi connectivity index (χ3n) is 2.59. The fourth-order valence-corrected chi connectivity index (χ4v) is 2.81. The van der Waals surface area contributed by atoms with Crippen molar-refractivity contribution < 1.29 is 17.2 Å². The highest BCUT2D eigenvalue weighted by Crippen LogP contribution is 2.17. The molecule has 1 N–H and O–H groups in total. The SMILES string of the molecule is O=c1cccnn1CCNS(=O)(=O)c1c(F)cccc1F. The zero-order valence-electron chi connectivity index (χ0n) is 10.7. The van der Waals surface area contributed by atoms with Gasteiger partial charge < -0.3 is 0 Å². The molecule has 2 aromatic rings. The van der Waals surface area contributed by atoms with Crippen molar-refractivity contribution in [3.8, 4) is 0 Å². The standard InChI is InChI=1S/C12H11F2N3O3S/c13-9-3-1-4-10(14)12(9)21(19,20)16-7-8-17-11(18)5-2-6-15-17/h1-6,16H,7-8H2. The molecule has 1 aromatic carbocycles. The Morgan fingerprint density at radius 3 is 2.43 bits per heavy atom. The van der Waals surface area contributed by atoms with Gasteiger partial charge in [-0.15, -0.1) is 0 Å². The van der Waals surface area contributed by atoms with Gasteiger partial charge in [0, 0.05) is 18.8 Å². The van der Waals surface area contributed by atoms with E-state index >= 15 is 0 Å². The topological polar surface area (TPSA) is 81.1 Å². The van der Waals surface area contributed by atoms with Crippen molar-refractivity contribution >= 4 is 10.0 Å². The third kappa shape index (κ3) is 3.50. The summed E-state index contributed by atoms with van der Waals surface area (Å²) in [5, 5.41) is 3.73. The number of benzene rings is 1. The molecule has 0 saturated carbocycles. The molecule has 21 heavy (non-hydrogen) atoms. The molecule has 6 nitrogen and oxygen atoms in total. The van der Waals surface area contributed by atoms with Crippen molar-refractivity contribution in [2.45, 2.75) is 11.4 Å². The van der Waals surface area contributed by atoms with Crippen LogP contribution in [-0.2, 0) is 16.6 Å². The minimum absolute atomic E-state index is 0.0605. The van der Waals surface area contributed by atoms with Crippen LogP contribution in [0, 0.1) is 11.6 Å². The Morgan fingerprint density at radius 1 is 1.14 bits per heavy atom. The molecule has 0 unspecified atom stereocenters. The monoisotopic (exact) mass is 315 g/mol. The van der Waals surface area contributed by atoms with E-state index in [0.29, 0.717) is 0 Å². The molecule has 0 aliphatic carbocycles. The average Bonchev–Trinajstić information content (AvgIpc) is 2.40. The van der Waals surface area contributed by atoms with Crippen molar-refractivity contribution in [1.29, 1.82) is 0 Å². The van der Waals surface area contributed by atoms with Crippen LogP contribution in [0.25, 0.3) is 0 Å². The minimum atomic E-state index is -4.35. The summed E-state index contributed by atoms with van der Waals surface area (Å²) in [5.41, 5.74) is -0.409. The van der Waals surface area contributed by atoms with Gasteiger partial charge in [0.1, 0.15) is 11.6 Å². The van der Waals surface area contributed by atoms with Gasteiger partial charge in [-0.2, -0.15) is 5.10 Å². The van der Waals surface area contributed by atoms with Crippen LogP contribution in [0.1, 0.15) is 0 Å². The minimum Gasteiger partial charge on any atom is -0.268 e. The molecular formula is C12H11F2N3O3S. The molecule has 0 spiro atoms. The predicted octanol–water partition coefficient (Wildman–Crippen LogP) is 0.500. The van der Waals surface area contributed by atoms with E-state index in [1.807, 2.05) is 4.72 Å². The quantitative estimate of drug-likeness (QED) is 0.871. The first kappa shape index (κ1) is 15.3. The highest BCUT2D eigenvalue weighted by molar-refractivity contribution is 7.89. The molecule has 0 fully saturated rings. The second kappa shape index (κ2) is 6.10. The molecule has 9 heteroatoms. The lowest BCUT2D eigenvalue weighted by Gasteiger charge is -2.09. The average molecular weight is 315 g/mol. The van der Waals surface area contributed by atoms with Crippen LogP contribution in [-0.4, -0.2) is 24.7 Å². The van der Waals surface area contributed by atoms with Crippen molar-refractivity contribution in [3.63, 3.8) is 0 Å². The van der Waals surface area contributed by atoms with Gasteiger partial charge >= 0.3 is 0 Å². The summed E-state index contributed by atoms with van der Waals surface area (Å²) in [7, 11) is -4.35. The summed E-state index contributed by atoms with van der Waals surface area (Å²) in [4.78, 5) is 10.3. The molecule has 1 heterocycles. The van der Waals surface area contributed by atoms with Gasteiger partial charge in [-0.1, -0.05) is 6.07 Å². The number of hydrogen-bond acceptors (Lipinski definition) is 4. The van der Waals surface area contributed by atoms with Gasteiger partial charge in [0.25, 0.3) is 5.56 Å². The van der Waals surface area contributed by atoms with Gasteiger partial charge in [0.05, 0.1) is 6.54 Å². The van der Waals surface area contributed by atoms with Crippen LogP contribution in [0.3, 0.4) is 0 Å². The highest BCUT2D eigenvalue weighted by atomic mass is 32.2. The molecule has 0 aliphatic rings. The maximum atomic E-state index is 13.4. The van der Waals surface area contributed by atoms with Crippen molar-refractivity contribution in [1.82, 2.24) is 14.5 Å². The summed E-state index contributed by atoms with van der Waals surface area (Å²) >= 11 is 0. The zero-order valence-corrected chi connectivity index (χ0v) is 11.5. The second-order valence-electron chi connectivity index (χ2n) is 4.03. The Balaban J connectivity index is 2.13. The van der Waals surface area contributed by atoms with E-state index in [1.165, 1.54) is 18.3 Å². The number of rotatable bonds is 5. The first-order chi connectivity index (χ1) is 9.92. The normalized spacial score (nSPS) is 11.5. The van der Waals surface area contributed by atoms with Crippen LogP contribution in [0.15, 0.2) is 46.2 Å². The first-order valence-corrected chi connectivity index (χ1v) is 7.36. The van der Waals surface area contributed by atoms with Crippen LogP contribution >= 0.6 is 0 Å². The Morgan fingerprint density at radius 2 is 1.81 bits per heavy atom. The highest BCUT2D eigenvalue weighted by Gasteiger charge is 2.23. The van der Waals surface area contributed by atoms with Crippen molar-refractivity contribution in [2.24, 2.45) is 0 Å². The lowest BCUT2D eigenvalue weighted by atomic mass is 10.3. The van der Waals surface area contributed by atoms with E-state index in [1.54, 1.807) is 0 Å². The van der Waals surface area contributed by atoms with Crippen molar-refractivity contribution in [2.75, 3.05) is 6.54 Å². The molecule has 0 radical (unpaired) electrons. The number of halogens is 2. The third-order valence-corrected chi connectivity index (χ3v) is 4.10. The van der Waals surface area contributed by atoms with Gasteiger partial charge in [0.15, 0.2) is 4.90 Å². The fraction of sp³-hybridized carbons (Fsp3) is 0.167. The van der Waals surface area contributed by atoms with Gasteiger partial charge in [0.2, 0.25) is 10.0 Å². The van der Waals surface area contributed by atoms with E-state index in [-0.39, 0.29) is 13.1 Å². The Kier molecular flexibility index (Phi) is 4.43. The van der Waals surface area contributed by atoms with E-state index in [2.05, 4.69) is 5.10 Å². The van der Waals surface area contributed by atoms with E-state index < -0.39 is 32.1 Å². The summed E-state index contributed by atoms with van der Waals surface area (Å²) < 4.78 is 53.6. The molecule has 112 valence electrons. The lowest BCUT2D eigenvalue weighted by Crippen LogP contribution is -2.32. The Bertz CT molecular complexity index is 785. The maximum absolute atomic E-state index is 13.4. The van der Waals surface area contributed by atoms with E-state index in [4.69, 9.17) is 0 Å². The summed E-state index contributed by atoms with van der Waals surface area (Å²) in [6, 6.07) is 5.47. The van der Waals surface area contributed by atoms with E-state index in [9.17, 15) is 22.0 Å². The predicted molar refractivity (Wildman–Crippen MR) is 70.0 cm³/mol. The Hall–Kier alpha value is -2.13. The summed E-state index contributed by atoms with van der Waals surface area (Å²) in [6.07, 6.45) is 1.37. The van der Waals surface area contributed by atoms with Crippen molar-refractivity contribution in [3.05, 3.63) is 58.5 Å². The van der Waals surface area contributed by atoms with Crippen LogP contribution < -0.4 is 10.3 Å².